The van der Waals surface area contributed by atoms with Crippen LogP contribution in [-0.2, 0) is 18.9 Å². The van der Waals surface area contributed by atoms with Crippen molar-refractivity contribution in [2.45, 2.75) is 44.2 Å². The van der Waals surface area contributed by atoms with Gasteiger partial charge in [0.15, 0.2) is 23.2 Å². The molecule has 4 heterocycles. The molecule has 1 aromatic carbocycles. The number of esters is 1. The fourth-order valence-corrected chi connectivity index (χ4v) is 4.31. The lowest BCUT2D eigenvalue weighted by Gasteiger charge is -2.24. The average Bonchev–Trinajstić information content (AvgIpc) is 3.47. The van der Waals surface area contributed by atoms with Gasteiger partial charge in [-0.15, -0.1) is 0 Å². The van der Waals surface area contributed by atoms with Gasteiger partial charge >= 0.3 is 5.97 Å². The van der Waals surface area contributed by atoms with Crippen LogP contribution in [0.15, 0.2) is 29.3 Å². The van der Waals surface area contributed by atoms with Gasteiger partial charge < -0.3 is 34.2 Å². The lowest BCUT2D eigenvalue weighted by atomic mass is 10.1. The second kappa shape index (κ2) is 8.52. The molecule has 2 saturated heterocycles. The van der Waals surface area contributed by atoms with E-state index in [1.807, 2.05) is 0 Å². The number of aromatic nitrogens is 4. The van der Waals surface area contributed by atoms with Gasteiger partial charge in [0.1, 0.15) is 36.4 Å². The van der Waals surface area contributed by atoms with Crippen molar-refractivity contribution in [2.24, 2.45) is 0 Å². The highest BCUT2D eigenvalue weighted by atomic mass is 16.8. The maximum absolute atomic E-state index is 12.8. The van der Waals surface area contributed by atoms with Crippen LogP contribution in [0.4, 0.5) is 5.95 Å². The SMILES string of the molecule is COc1cc(OC)cc(C(=O)OC[C@H]2O[C@@H](n3cnc4c(=O)[nH]c(N)nc43)[C@@H]3OC(C)(C)O[C@@H]32)c1. The number of nitrogens with zero attached hydrogens (tertiary/aromatic N) is 3. The van der Waals surface area contributed by atoms with Crippen LogP contribution < -0.4 is 20.8 Å². The molecule has 13 nitrogen and oxygen atoms in total. The Labute approximate surface area is 199 Å². The molecule has 186 valence electrons. The monoisotopic (exact) mass is 487 g/mol. The molecule has 2 fully saturated rings. The summed E-state index contributed by atoms with van der Waals surface area (Å²) in [5.41, 5.74) is 5.87. The van der Waals surface area contributed by atoms with Crippen LogP contribution in [0.3, 0.4) is 0 Å². The molecule has 4 atom stereocenters. The number of anilines is 1. The molecule has 0 bridgehead atoms. The number of carbonyl (C=O) groups is 1. The minimum atomic E-state index is -0.903. The number of benzene rings is 1. The molecule has 3 N–H and O–H groups in total. The number of aromatic amines is 1. The Hall–Kier alpha value is -3.68. The van der Waals surface area contributed by atoms with Crippen LogP contribution in [0.25, 0.3) is 11.2 Å². The number of nitrogens with one attached hydrogen (secondary N) is 1. The van der Waals surface area contributed by atoms with E-state index in [4.69, 9.17) is 34.2 Å². The normalized spacial score (nSPS) is 24.9. The van der Waals surface area contributed by atoms with Crippen LogP contribution in [0, 0.1) is 0 Å². The first-order valence-electron chi connectivity index (χ1n) is 10.8. The number of H-pyrrole nitrogens is 1. The second-order valence-corrected chi connectivity index (χ2v) is 8.60. The molecule has 2 aliphatic rings. The number of carbonyl (C=O) groups excluding carboxylic acids is 1. The molecule has 13 heteroatoms. The smallest absolute Gasteiger partial charge is 0.338 e. The minimum absolute atomic E-state index is 0.0538. The van der Waals surface area contributed by atoms with E-state index in [1.54, 1.807) is 36.6 Å². The summed E-state index contributed by atoms with van der Waals surface area (Å²) in [6.07, 6.45) is -1.12. The number of imidazole rings is 1. The maximum atomic E-state index is 12.8. The maximum Gasteiger partial charge on any atom is 0.338 e. The highest BCUT2D eigenvalue weighted by Gasteiger charge is 2.56. The first-order valence-corrected chi connectivity index (χ1v) is 10.8. The Morgan fingerprint density at radius 1 is 1.17 bits per heavy atom. The summed E-state index contributed by atoms with van der Waals surface area (Å²) >= 11 is 0. The van der Waals surface area contributed by atoms with Crippen molar-refractivity contribution in [2.75, 3.05) is 26.6 Å². The fraction of sp³-hybridized carbons (Fsp3) is 0.455. The van der Waals surface area contributed by atoms with Gasteiger partial charge in [0.25, 0.3) is 5.56 Å². The molecule has 0 spiro atoms. The van der Waals surface area contributed by atoms with E-state index in [0.29, 0.717) is 11.5 Å². The number of hydrogen-bond acceptors (Lipinski definition) is 11. The number of nitrogen functional groups attached to an aromatic ring is 1. The van der Waals surface area contributed by atoms with Gasteiger partial charge in [-0.2, -0.15) is 4.98 Å². The van der Waals surface area contributed by atoms with Gasteiger partial charge in [0.2, 0.25) is 5.95 Å². The van der Waals surface area contributed by atoms with Gasteiger partial charge in [-0.1, -0.05) is 0 Å². The van der Waals surface area contributed by atoms with Crippen molar-refractivity contribution in [3.05, 3.63) is 40.4 Å². The van der Waals surface area contributed by atoms with Crippen LogP contribution >= 0.6 is 0 Å². The second-order valence-electron chi connectivity index (χ2n) is 8.60. The third kappa shape index (κ3) is 4.17. The topological polar surface area (TPSA) is 162 Å². The molecule has 0 amide bonds. The largest absolute Gasteiger partial charge is 0.497 e. The number of nitrogens with two attached hydrogens (primary N) is 1. The number of rotatable bonds is 6. The van der Waals surface area contributed by atoms with Crippen molar-refractivity contribution >= 4 is 23.1 Å². The Bertz CT molecular complexity index is 1310. The Morgan fingerprint density at radius 2 is 1.86 bits per heavy atom. The van der Waals surface area contributed by atoms with E-state index in [0.717, 1.165) is 0 Å². The first kappa shape index (κ1) is 23.1. The molecule has 2 aliphatic heterocycles. The third-order valence-electron chi connectivity index (χ3n) is 5.82. The number of fused-ring (bicyclic) bond motifs is 2. The Balaban J connectivity index is 1.39. The van der Waals surface area contributed by atoms with Crippen molar-refractivity contribution in [3.8, 4) is 11.5 Å². The zero-order valence-electron chi connectivity index (χ0n) is 19.5. The summed E-state index contributed by atoms with van der Waals surface area (Å²) in [5, 5.41) is 0. The average molecular weight is 487 g/mol. The summed E-state index contributed by atoms with van der Waals surface area (Å²) in [6, 6.07) is 4.75. The van der Waals surface area contributed by atoms with E-state index in [1.165, 1.54) is 20.5 Å². The minimum Gasteiger partial charge on any atom is -0.497 e. The fourth-order valence-electron chi connectivity index (χ4n) is 4.31. The van der Waals surface area contributed by atoms with Crippen molar-refractivity contribution in [3.63, 3.8) is 0 Å². The van der Waals surface area contributed by atoms with Crippen LogP contribution in [0.1, 0.15) is 30.4 Å². The zero-order chi connectivity index (χ0) is 24.9. The van der Waals surface area contributed by atoms with Gasteiger partial charge in [0.05, 0.1) is 26.1 Å². The number of methoxy groups -OCH3 is 2. The summed E-state index contributed by atoms with van der Waals surface area (Å²) in [6.45, 7) is 3.44. The van der Waals surface area contributed by atoms with Gasteiger partial charge in [0, 0.05) is 6.07 Å². The van der Waals surface area contributed by atoms with Crippen molar-refractivity contribution in [1.29, 1.82) is 0 Å². The third-order valence-corrected chi connectivity index (χ3v) is 5.82. The van der Waals surface area contributed by atoms with E-state index in [-0.39, 0.29) is 29.3 Å². The lowest BCUT2D eigenvalue weighted by Crippen LogP contribution is -2.33. The summed E-state index contributed by atoms with van der Waals surface area (Å²) in [4.78, 5) is 35.7. The lowest BCUT2D eigenvalue weighted by molar-refractivity contribution is -0.199. The summed E-state index contributed by atoms with van der Waals surface area (Å²) in [7, 11) is 2.98. The molecule has 0 aliphatic carbocycles. The first-order chi connectivity index (χ1) is 16.7. The van der Waals surface area contributed by atoms with Gasteiger partial charge in [-0.3, -0.25) is 14.3 Å². The van der Waals surface area contributed by atoms with Crippen molar-refractivity contribution in [1.82, 2.24) is 19.5 Å². The van der Waals surface area contributed by atoms with E-state index < -0.39 is 41.9 Å². The molecule has 5 rings (SSSR count). The van der Waals surface area contributed by atoms with Crippen LogP contribution in [0.2, 0.25) is 0 Å². The molecule has 0 radical (unpaired) electrons. The van der Waals surface area contributed by atoms with Crippen molar-refractivity contribution < 1.29 is 33.2 Å². The van der Waals surface area contributed by atoms with Crippen LogP contribution in [-0.4, -0.2) is 70.4 Å². The molecule has 3 aromatic rings. The predicted octanol–water partition coefficient (Wildman–Crippen LogP) is 0.994. The van der Waals surface area contributed by atoms with Crippen LogP contribution in [0.5, 0.6) is 11.5 Å². The predicted molar refractivity (Wildman–Crippen MR) is 120 cm³/mol. The zero-order valence-corrected chi connectivity index (χ0v) is 19.5. The van der Waals surface area contributed by atoms with E-state index in [2.05, 4.69) is 15.0 Å². The quantitative estimate of drug-likeness (QED) is 0.477. The molecular formula is C22H25N5O8. The number of ether oxygens (including phenoxy) is 6. The van der Waals surface area contributed by atoms with Gasteiger partial charge in [-0.05, 0) is 26.0 Å². The molecule has 35 heavy (non-hydrogen) atoms. The van der Waals surface area contributed by atoms with E-state index in [9.17, 15) is 9.59 Å². The molecule has 0 saturated carbocycles. The highest BCUT2D eigenvalue weighted by molar-refractivity contribution is 5.90. The Morgan fingerprint density at radius 3 is 2.54 bits per heavy atom. The summed E-state index contributed by atoms with van der Waals surface area (Å²) < 4.78 is 35.9. The molecule has 0 unspecified atom stereocenters. The Kier molecular flexibility index (Phi) is 5.62. The highest BCUT2D eigenvalue weighted by Crippen LogP contribution is 2.43. The molecular weight excluding hydrogens is 462 g/mol. The van der Waals surface area contributed by atoms with Gasteiger partial charge in [-0.25, -0.2) is 9.78 Å². The summed E-state index contributed by atoms with van der Waals surface area (Å²) in [5.74, 6) is -0.631. The standard InChI is InChI=1S/C22H25N5O8/c1-22(2)34-15-13(8-32-20(29)10-5-11(30-3)7-12(6-10)31-4)33-19(16(15)35-22)27-9-24-14-17(27)25-21(23)26-18(14)28/h5-7,9,13,15-16,19H,8H2,1-4H3,(H3,23,25,26,28)/t13-,15-,16-,19-/m1/s1. The van der Waals surface area contributed by atoms with E-state index >= 15 is 0 Å². The number of hydrogen-bond donors (Lipinski definition) is 2. The molecule has 2 aromatic heterocycles.